The van der Waals surface area contributed by atoms with E-state index in [1.54, 1.807) is 14.2 Å². The highest BCUT2D eigenvalue weighted by Crippen LogP contribution is 2.40. The van der Waals surface area contributed by atoms with E-state index in [4.69, 9.17) is 21.1 Å². The maximum atomic E-state index is 6.62. The fraction of sp³-hybridized carbons (Fsp3) is 0.200. The van der Waals surface area contributed by atoms with Gasteiger partial charge in [0.2, 0.25) is 0 Å². The summed E-state index contributed by atoms with van der Waals surface area (Å²) in [7, 11) is 3.26. The molecule has 106 valence electrons. The van der Waals surface area contributed by atoms with Crippen LogP contribution in [0.4, 0.5) is 0 Å². The van der Waals surface area contributed by atoms with Gasteiger partial charge in [0.05, 0.1) is 19.6 Å². The molecule has 1 unspecified atom stereocenters. The topological polar surface area (TPSA) is 18.5 Å². The second kappa shape index (κ2) is 6.83. The van der Waals surface area contributed by atoms with Crippen molar-refractivity contribution in [1.29, 1.82) is 0 Å². The molecular weight excluding hydrogens is 407 g/mol. The standard InChI is InChI=1S/C15H13Br2ClO2/c1-19-10-4-6-14(20-2)12(8-10)15(18)11-5-3-9(16)7-13(11)17/h3-8,15H,1-2H3. The van der Waals surface area contributed by atoms with Gasteiger partial charge in [0, 0.05) is 14.5 Å². The smallest absolute Gasteiger partial charge is 0.124 e. The van der Waals surface area contributed by atoms with Crippen LogP contribution in [0.2, 0.25) is 0 Å². The lowest BCUT2D eigenvalue weighted by Crippen LogP contribution is -1.99. The molecule has 0 fully saturated rings. The van der Waals surface area contributed by atoms with Gasteiger partial charge in [0.15, 0.2) is 0 Å². The zero-order chi connectivity index (χ0) is 14.7. The SMILES string of the molecule is COc1ccc(OC)c(C(Cl)c2ccc(Br)cc2Br)c1. The van der Waals surface area contributed by atoms with Crippen LogP contribution in [0.1, 0.15) is 16.5 Å². The maximum absolute atomic E-state index is 6.62. The van der Waals surface area contributed by atoms with Crippen molar-refractivity contribution in [2.24, 2.45) is 0 Å². The molecule has 0 radical (unpaired) electrons. The Morgan fingerprint density at radius 1 is 0.950 bits per heavy atom. The van der Waals surface area contributed by atoms with Gasteiger partial charge in [0.1, 0.15) is 11.5 Å². The lowest BCUT2D eigenvalue weighted by molar-refractivity contribution is 0.399. The van der Waals surface area contributed by atoms with Gasteiger partial charge in [-0.2, -0.15) is 0 Å². The quantitative estimate of drug-likeness (QED) is 0.603. The molecule has 0 aliphatic rings. The van der Waals surface area contributed by atoms with Crippen molar-refractivity contribution in [3.05, 3.63) is 56.5 Å². The number of methoxy groups -OCH3 is 2. The molecule has 0 aromatic heterocycles. The summed E-state index contributed by atoms with van der Waals surface area (Å²) in [5.74, 6) is 1.49. The summed E-state index contributed by atoms with van der Waals surface area (Å²) in [5.41, 5.74) is 1.85. The molecule has 2 rings (SSSR count). The molecule has 1 atom stereocenters. The Bertz CT molecular complexity index is 617. The Balaban J connectivity index is 2.48. The van der Waals surface area contributed by atoms with Gasteiger partial charge in [-0.25, -0.2) is 0 Å². The van der Waals surface area contributed by atoms with E-state index >= 15 is 0 Å². The van der Waals surface area contributed by atoms with Crippen LogP contribution in [0.5, 0.6) is 11.5 Å². The van der Waals surface area contributed by atoms with E-state index in [1.165, 1.54) is 0 Å². The van der Waals surface area contributed by atoms with Crippen LogP contribution in [0.25, 0.3) is 0 Å². The Hall–Kier alpha value is -0.710. The number of alkyl halides is 1. The number of hydrogen-bond acceptors (Lipinski definition) is 2. The maximum Gasteiger partial charge on any atom is 0.124 e. The number of rotatable bonds is 4. The van der Waals surface area contributed by atoms with Crippen molar-refractivity contribution in [3.63, 3.8) is 0 Å². The third kappa shape index (κ3) is 3.30. The molecule has 0 amide bonds. The van der Waals surface area contributed by atoms with Crippen molar-refractivity contribution in [2.75, 3.05) is 14.2 Å². The molecule has 0 heterocycles. The van der Waals surface area contributed by atoms with Crippen molar-refractivity contribution in [1.82, 2.24) is 0 Å². The van der Waals surface area contributed by atoms with Gasteiger partial charge in [-0.15, -0.1) is 11.6 Å². The fourth-order valence-corrected chi connectivity index (χ4v) is 3.68. The Kier molecular flexibility index (Phi) is 5.35. The molecule has 0 bridgehead atoms. The van der Waals surface area contributed by atoms with Crippen molar-refractivity contribution in [2.45, 2.75) is 5.38 Å². The molecule has 5 heteroatoms. The van der Waals surface area contributed by atoms with Crippen LogP contribution in [0.15, 0.2) is 45.3 Å². The summed E-state index contributed by atoms with van der Waals surface area (Å²) in [4.78, 5) is 0. The summed E-state index contributed by atoms with van der Waals surface area (Å²) in [6, 6.07) is 11.5. The Labute approximate surface area is 140 Å². The van der Waals surface area contributed by atoms with Crippen molar-refractivity contribution < 1.29 is 9.47 Å². The number of benzene rings is 2. The zero-order valence-electron chi connectivity index (χ0n) is 11.0. The summed E-state index contributed by atoms with van der Waals surface area (Å²) < 4.78 is 12.6. The van der Waals surface area contributed by atoms with Gasteiger partial charge in [0.25, 0.3) is 0 Å². The molecule has 0 aliphatic heterocycles. The van der Waals surface area contributed by atoms with E-state index in [2.05, 4.69) is 31.9 Å². The normalized spacial score (nSPS) is 12.1. The van der Waals surface area contributed by atoms with Crippen molar-refractivity contribution >= 4 is 43.5 Å². The molecule has 20 heavy (non-hydrogen) atoms. The third-order valence-corrected chi connectivity index (χ3v) is 4.60. The van der Waals surface area contributed by atoms with Crippen LogP contribution in [0, 0.1) is 0 Å². The molecule has 0 N–H and O–H groups in total. The molecule has 0 saturated heterocycles. The monoisotopic (exact) mass is 418 g/mol. The van der Waals surface area contributed by atoms with Crippen molar-refractivity contribution in [3.8, 4) is 11.5 Å². The molecule has 0 aliphatic carbocycles. The molecule has 2 aromatic carbocycles. The first-order valence-corrected chi connectivity index (χ1v) is 7.90. The minimum atomic E-state index is -0.331. The second-order valence-electron chi connectivity index (χ2n) is 4.14. The highest BCUT2D eigenvalue weighted by Gasteiger charge is 2.19. The minimum absolute atomic E-state index is 0.331. The van der Waals surface area contributed by atoms with Crippen LogP contribution >= 0.6 is 43.5 Å². The molecule has 0 spiro atoms. The van der Waals surface area contributed by atoms with Crippen LogP contribution in [0.3, 0.4) is 0 Å². The van der Waals surface area contributed by atoms with Crippen LogP contribution < -0.4 is 9.47 Å². The number of hydrogen-bond donors (Lipinski definition) is 0. The van der Waals surface area contributed by atoms with Gasteiger partial charge in [-0.3, -0.25) is 0 Å². The number of ether oxygens (including phenoxy) is 2. The van der Waals surface area contributed by atoms with Gasteiger partial charge >= 0.3 is 0 Å². The summed E-state index contributed by atoms with van der Waals surface area (Å²) in [5, 5.41) is -0.331. The lowest BCUT2D eigenvalue weighted by atomic mass is 10.0. The molecule has 2 nitrogen and oxygen atoms in total. The van der Waals surface area contributed by atoms with E-state index in [0.717, 1.165) is 31.6 Å². The number of halogens is 3. The lowest BCUT2D eigenvalue weighted by Gasteiger charge is -2.17. The van der Waals surface area contributed by atoms with Crippen LogP contribution in [-0.2, 0) is 0 Å². The fourth-order valence-electron chi connectivity index (χ4n) is 1.91. The summed E-state index contributed by atoms with van der Waals surface area (Å²) in [6.45, 7) is 0. The van der Waals surface area contributed by atoms with E-state index < -0.39 is 0 Å². The zero-order valence-corrected chi connectivity index (χ0v) is 14.9. The van der Waals surface area contributed by atoms with Gasteiger partial charge in [-0.1, -0.05) is 37.9 Å². The second-order valence-corrected chi connectivity index (χ2v) is 6.34. The summed E-state index contributed by atoms with van der Waals surface area (Å²) >= 11 is 13.6. The third-order valence-electron chi connectivity index (χ3n) is 2.95. The Morgan fingerprint density at radius 3 is 2.30 bits per heavy atom. The van der Waals surface area contributed by atoms with E-state index in [9.17, 15) is 0 Å². The highest BCUT2D eigenvalue weighted by atomic mass is 79.9. The first-order valence-electron chi connectivity index (χ1n) is 5.87. The van der Waals surface area contributed by atoms with Gasteiger partial charge in [-0.05, 0) is 35.9 Å². The van der Waals surface area contributed by atoms with E-state index in [-0.39, 0.29) is 5.38 Å². The minimum Gasteiger partial charge on any atom is -0.497 e. The highest BCUT2D eigenvalue weighted by molar-refractivity contribution is 9.11. The Morgan fingerprint density at radius 2 is 1.70 bits per heavy atom. The molecule has 2 aromatic rings. The predicted molar refractivity (Wildman–Crippen MR) is 89.1 cm³/mol. The molecular formula is C15H13Br2ClO2. The van der Waals surface area contributed by atoms with E-state index in [0.29, 0.717) is 0 Å². The predicted octanol–water partition coefficient (Wildman–Crippen LogP) is 5.56. The van der Waals surface area contributed by atoms with Crippen LogP contribution in [-0.4, -0.2) is 14.2 Å². The van der Waals surface area contributed by atoms with Gasteiger partial charge < -0.3 is 9.47 Å². The average molecular weight is 421 g/mol. The molecule has 0 saturated carbocycles. The first-order chi connectivity index (χ1) is 9.56. The largest absolute Gasteiger partial charge is 0.497 e. The summed E-state index contributed by atoms with van der Waals surface area (Å²) in [6.07, 6.45) is 0. The average Bonchev–Trinajstić information content (AvgIpc) is 2.46. The van der Waals surface area contributed by atoms with E-state index in [1.807, 2.05) is 36.4 Å². The first kappa shape index (κ1) is 15.7.